The van der Waals surface area contributed by atoms with Gasteiger partial charge in [0, 0.05) is 0 Å². The van der Waals surface area contributed by atoms with Gasteiger partial charge in [-0.15, -0.1) is 0 Å². The van der Waals surface area contributed by atoms with Gasteiger partial charge in [-0.1, -0.05) is 0 Å². The van der Waals surface area contributed by atoms with E-state index in [1.807, 2.05) is 36.4 Å². The topological polar surface area (TPSA) is 63.3 Å². The number of carbonyl (C=O) groups excluding carboxylic acids is 1. The standard InChI is InChI=1S/C13H9.C3H6NO2.C2H7Si.2ClH.Zr/c1-3-7-12-10(5-1)9-11-6-2-4-8-13(11)12;4-3(6)1-2-5;1-3-2;;;/h1-9H;2,5H,1H2,(H2,4,6);3H,1-2H3;2*1H;/q;;;;;+2/p-2. The van der Waals surface area contributed by atoms with Gasteiger partial charge in [-0.25, -0.2) is 0 Å². The van der Waals surface area contributed by atoms with Crippen molar-refractivity contribution in [1.29, 1.82) is 0 Å². The van der Waals surface area contributed by atoms with Gasteiger partial charge >= 0.3 is 158 Å². The van der Waals surface area contributed by atoms with Crippen molar-refractivity contribution in [1.82, 2.24) is 0 Å². The molecule has 0 saturated heterocycles. The predicted octanol–water partition coefficient (Wildman–Crippen LogP) is 3.93. The Balaban J connectivity index is 2.29. The normalized spacial score (nSPS) is 16.8. The molecule has 0 bridgehead atoms. The summed E-state index contributed by atoms with van der Waals surface area (Å²) in [6.07, 6.45) is -0.176. The Morgan fingerprint density at radius 3 is 1.96 bits per heavy atom. The fourth-order valence-electron chi connectivity index (χ4n) is 4.05. The van der Waals surface area contributed by atoms with E-state index in [9.17, 15) is 9.90 Å². The second-order valence-corrected chi connectivity index (χ2v) is 49.9. The van der Waals surface area contributed by atoms with Crippen LogP contribution in [0.15, 0.2) is 48.5 Å². The molecule has 3 N–H and O–H groups in total. The van der Waals surface area contributed by atoms with Crippen molar-refractivity contribution in [3.63, 3.8) is 0 Å². The Kier molecular flexibility index (Phi) is 5.11. The van der Waals surface area contributed by atoms with Crippen molar-refractivity contribution in [2.24, 2.45) is 5.73 Å². The average molecular weight is 475 g/mol. The number of amides is 1. The van der Waals surface area contributed by atoms with Crippen LogP contribution >= 0.6 is 17.0 Å². The van der Waals surface area contributed by atoms with E-state index in [2.05, 4.69) is 25.2 Å². The third-order valence-corrected chi connectivity index (χ3v) is 57.2. The summed E-state index contributed by atoms with van der Waals surface area (Å²) in [7, 11) is 14.7. The average Bonchev–Trinajstić information content (AvgIpc) is 2.89. The first-order valence-corrected chi connectivity index (χ1v) is 24.7. The van der Waals surface area contributed by atoms with E-state index >= 15 is 0 Å². The van der Waals surface area contributed by atoms with Crippen LogP contribution in [0.3, 0.4) is 0 Å². The summed E-state index contributed by atoms with van der Waals surface area (Å²) in [4.78, 5) is 11.5. The number of hydrogen-bond acceptors (Lipinski definition) is 2. The van der Waals surface area contributed by atoms with Gasteiger partial charge in [-0.3, -0.25) is 0 Å². The molecule has 2 aromatic carbocycles. The number of benzene rings is 2. The fourth-order valence-corrected chi connectivity index (χ4v) is 29.1. The maximum absolute atomic E-state index is 11.5. The number of carbonyl (C=O) groups is 1. The van der Waals surface area contributed by atoms with Crippen LogP contribution in [-0.4, -0.2) is 20.7 Å². The number of nitrogens with two attached hydrogens (primary N) is 1. The van der Waals surface area contributed by atoms with Crippen LogP contribution in [0.4, 0.5) is 0 Å². The van der Waals surface area contributed by atoms with Gasteiger partial charge in [0.15, 0.2) is 0 Å². The summed E-state index contributed by atoms with van der Waals surface area (Å²) in [5.74, 6) is -2.29. The summed E-state index contributed by atoms with van der Waals surface area (Å²) in [5, 5.41) is 11.0. The van der Waals surface area contributed by atoms with E-state index in [4.69, 9.17) is 22.8 Å². The number of aliphatic hydroxyl groups is 1. The van der Waals surface area contributed by atoms with Crippen LogP contribution in [0.25, 0.3) is 11.1 Å². The quantitative estimate of drug-likeness (QED) is 0.645. The van der Waals surface area contributed by atoms with Gasteiger partial charge in [0.2, 0.25) is 0 Å². The van der Waals surface area contributed by atoms with E-state index in [1.165, 1.54) is 0 Å². The summed E-state index contributed by atoms with van der Waals surface area (Å²) in [6, 6.07) is 16.2. The van der Waals surface area contributed by atoms with Crippen LogP contribution in [0.5, 0.6) is 0 Å². The number of rotatable bonds is 5. The molecule has 0 heterocycles. The van der Waals surface area contributed by atoms with E-state index in [0.29, 0.717) is 0 Å². The predicted molar refractivity (Wildman–Crippen MR) is 104 cm³/mol. The molecule has 0 aliphatic heterocycles. The molecular weight excluding hydrogens is 452 g/mol. The third kappa shape index (κ3) is 2.89. The van der Waals surface area contributed by atoms with Gasteiger partial charge in [0.1, 0.15) is 0 Å². The van der Waals surface area contributed by atoms with Crippen LogP contribution < -0.4 is 5.73 Å². The number of aliphatic hydroxyl groups excluding tert-OH is 1. The Hall–Kier alpha value is -0.450. The van der Waals surface area contributed by atoms with E-state index in [-0.39, 0.29) is 10.0 Å². The van der Waals surface area contributed by atoms with Crippen molar-refractivity contribution in [3.05, 3.63) is 59.7 Å². The molecule has 1 aliphatic carbocycles. The van der Waals surface area contributed by atoms with Gasteiger partial charge in [0.25, 0.3) is 0 Å². The Labute approximate surface area is 156 Å². The van der Waals surface area contributed by atoms with Crippen molar-refractivity contribution < 1.29 is 25.5 Å². The van der Waals surface area contributed by atoms with Crippen LogP contribution in [0.2, 0.25) is 13.1 Å². The van der Waals surface area contributed by atoms with Crippen LogP contribution in [-0.2, 0) is 20.4 Å². The number of hydrogen-bond donors (Lipinski definition) is 2. The minimum absolute atomic E-state index is 0.176. The molecule has 0 fully saturated rings. The zero-order chi connectivity index (χ0) is 18.4. The van der Waals surface area contributed by atoms with Crippen LogP contribution in [0, 0.1) is 0 Å². The molecule has 2 aromatic rings. The molecule has 0 aromatic heterocycles. The molecule has 1 aliphatic rings. The van der Waals surface area contributed by atoms with Crippen molar-refractivity contribution in [2.75, 3.05) is 0 Å². The minimum atomic E-state index is -4.84. The number of fused-ring (bicyclic) bond motifs is 3. The second kappa shape index (κ2) is 6.61. The first kappa shape index (κ1) is 19.3. The Morgan fingerprint density at radius 1 is 1.12 bits per heavy atom. The molecule has 133 valence electrons. The van der Waals surface area contributed by atoms with Crippen molar-refractivity contribution in [2.45, 2.75) is 27.0 Å². The van der Waals surface area contributed by atoms with Crippen molar-refractivity contribution >= 4 is 28.9 Å². The zero-order valence-corrected chi connectivity index (χ0v) is 19.4. The van der Waals surface area contributed by atoms with E-state index < -0.39 is 31.2 Å². The molecule has 0 spiro atoms. The number of primary amides is 1. The fraction of sp³-hybridized carbons (Fsp3) is 0.278. The van der Waals surface area contributed by atoms with Gasteiger partial charge in [-0.05, 0) is 0 Å². The van der Waals surface area contributed by atoms with E-state index in [0.717, 1.165) is 22.3 Å². The van der Waals surface area contributed by atoms with Gasteiger partial charge in [-0.2, -0.15) is 0 Å². The maximum atomic E-state index is 11.5. The summed E-state index contributed by atoms with van der Waals surface area (Å²) in [5.41, 5.74) is 9.75. The summed E-state index contributed by atoms with van der Waals surface area (Å²) in [6.45, 7) is 4.16. The third-order valence-electron chi connectivity index (χ3n) is 5.52. The first-order valence-electron chi connectivity index (χ1n) is 8.39. The molecule has 3 nitrogen and oxygen atoms in total. The zero-order valence-electron chi connectivity index (χ0n) is 14.2. The second-order valence-electron chi connectivity index (χ2n) is 7.17. The first-order chi connectivity index (χ1) is 11.7. The van der Waals surface area contributed by atoms with Crippen LogP contribution in [0.1, 0.15) is 21.2 Å². The molecule has 1 amide bonds. The number of halogens is 2. The summed E-state index contributed by atoms with van der Waals surface area (Å²) >= 11 is -4.84. The molecule has 25 heavy (non-hydrogen) atoms. The van der Waals surface area contributed by atoms with Gasteiger partial charge in [0.05, 0.1) is 0 Å². The molecule has 0 radical (unpaired) electrons. The van der Waals surface area contributed by atoms with Gasteiger partial charge < -0.3 is 0 Å². The monoisotopic (exact) mass is 472 g/mol. The summed E-state index contributed by atoms with van der Waals surface area (Å²) < 4.78 is -1.25. The van der Waals surface area contributed by atoms with E-state index in [1.54, 1.807) is 0 Å². The molecule has 1 atom stereocenters. The molecule has 1 unspecified atom stereocenters. The molecule has 0 saturated carbocycles. The SMILES string of the molecule is C[SiH](C)[Zr]([Cl])([Cl])([CH](O)CC(N)=O)[CH]1c2ccccc2-c2ccccc21. The Morgan fingerprint density at radius 2 is 1.56 bits per heavy atom. The molecule has 7 heteroatoms. The Bertz CT molecular complexity index is 798. The molecular formula is C18H22Cl2NO2SiZr. The molecule has 3 rings (SSSR count). The van der Waals surface area contributed by atoms with Crippen molar-refractivity contribution in [3.8, 4) is 11.1 Å².